The zero-order valence-corrected chi connectivity index (χ0v) is 14.9. The van der Waals surface area contributed by atoms with Gasteiger partial charge >= 0.3 is 0 Å². The van der Waals surface area contributed by atoms with E-state index >= 15 is 0 Å². The second-order valence-corrected chi connectivity index (χ2v) is 5.80. The van der Waals surface area contributed by atoms with Crippen LogP contribution in [0.25, 0.3) is 0 Å². The molecule has 23 heavy (non-hydrogen) atoms. The molecule has 128 valence electrons. The zero-order valence-electron chi connectivity index (χ0n) is 14.0. The van der Waals surface area contributed by atoms with Gasteiger partial charge < -0.3 is 15.1 Å². The molecule has 0 bridgehead atoms. The first-order valence-corrected chi connectivity index (χ1v) is 7.78. The topological polar surface area (TPSA) is 52.7 Å². The minimum Gasteiger partial charge on any atom is -0.344 e. The summed E-state index contributed by atoms with van der Waals surface area (Å²) in [6.07, 6.45) is 1.20. The largest absolute Gasteiger partial charge is 0.344 e. The Hall–Kier alpha value is -1.59. The summed E-state index contributed by atoms with van der Waals surface area (Å²) in [6.45, 7) is 3.70. The van der Waals surface area contributed by atoms with Crippen molar-refractivity contribution in [3.63, 3.8) is 0 Å². The van der Waals surface area contributed by atoms with Crippen molar-refractivity contribution in [2.45, 2.75) is 25.8 Å². The zero-order chi connectivity index (χ0) is 16.1. The van der Waals surface area contributed by atoms with E-state index in [-0.39, 0.29) is 30.3 Å². The summed E-state index contributed by atoms with van der Waals surface area (Å²) < 4.78 is 0. The lowest BCUT2D eigenvalue weighted by molar-refractivity contribution is -0.136. The number of halogens is 1. The molecule has 1 N–H and O–H groups in total. The fourth-order valence-electron chi connectivity index (χ4n) is 2.97. The molecule has 0 fully saturated rings. The average molecular weight is 340 g/mol. The van der Waals surface area contributed by atoms with Crippen LogP contribution in [0.15, 0.2) is 24.3 Å². The fraction of sp³-hybridized carbons (Fsp3) is 0.529. The van der Waals surface area contributed by atoms with Gasteiger partial charge in [-0.3, -0.25) is 9.59 Å². The van der Waals surface area contributed by atoms with Crippen LogP contribution >= 0.6 is 12.4 Å². The van der Waals surface area contributed by atoms with E-state index in [1.807, 2.05) is 37.2 Å². The van der Waals surface area contributed by atoms with Crippen molar-refractivity contribution in [1.82, 2.24) is 15.1 Å². The van der Waals surface area contributed by atoms with Crippen LogP contribution in [0.2, 0.25) is 0 Å². The summed E-state index contributed by atoms with van der Waals surface area (Å²) in [5.74, 6) is 0.105. The molecule has 6 heteroatoms. The van der Waals surface area contributed by atoms with Crippen molar-refractivity contribution in [2.75, 3.05) is 33.7 Å². The van der Waals surface area contributed by atoms with Gasteiger partial charge in [0.15, 0.2) is 0 Å². The van der Waals surface area contributed by atoms with Gasteiger partial charge in [0.05, 0.1) is 12.5 Å². The van der Waals surface area contributed by atoms with Gasteiger partial charge in [0.2, 0.25) is 11.8 Å². The highest BCUT2D eigenvalue weighted by molar-refractivity contribution is 5.85. The van der Waals surface area contributed by atoms with Crippen LogP contribution in [0, 0.1) is 0 Å². The van der Waals surface area contributed by atoms with Crippen molar-refractivity contribution in [3.05, 3.63) is 35.4 Å². The molecule has 1 aliphatic rings. The van der Waals surface area contributed by atoms with Crippen molar-refractivity contribution < 1.29 is 9.59 Å². The third-order valence-corrected chi connectivity index (χ3v) is 4.31. The minimum absolute atomic E-state index is 0. The molecule has 2 amide bonds. The molecule has 1 unspecified atom stereocenters. The maximum Gasteiger partial charge on any atom is 0.224 e. The van der Waals surface area contributed by atoms with Gasteiger partial charge in [-0.2, -0.15) is 0 Å². The number of fused-ring (bicyclic) bond motifs is 1. The molecule has 1 aliphatic heterocycles. The van der Waals surface area contributed by atoms with Gasteiger partial charge in [0, 0.05) is 33.6 Å². The van der Waals surface area contributed by atoms with E-state index in [0.717, 1.165) is 18.5 Å². The number of benzene rings is 1. The van der Waals surface area contributed by atoms with E-state index < -0.39 is 0 Å². The SMILES string of the molecule is CNCCN(C)C(=O)CC1c2ccccc2CCN1C(C)=O.Cl. The quantitative estimate of drug-likeness (QED) is 0.887. The third-order valence-electron chi connectivity index (χ3n) is 4.31. The lowest BCUT2D eigenvalue weighted by atomic mass is 9.90. The molecule has 1 aromatic carbocycles. The first-order valence-electron chi connectivity index (χ1n) is 7.78. The van der Waals surface area contributed by atoms with Crippen LogP contribution < -0.4 is 5.32 Å². The molecule has 0 saturated carbocycles. The number of hydrogen-bond donors (Lipinski definition) is 1. The smallest absolute Gasteiger partial charge is 0.224 e. The van der Waals surface area contributed by atoms with Gasteiger partial charge in [0.25, 0.3) is 0 Å². The molecule has 0 aliphatic carbocycles. The van der Waals surface area contributed by atoms with Crippen molar-refractivity contribution in [3.8, 4) is 0 Å². The third kappa shape index (κ3) is 4.69. The minimum atomic E-state index is -0.146. The van der Waals surface area contributed by atoms with Crippen LogP contribution in [0.3, 0.4) is 0 Å². The monoisotopic (exact) mass is 339 g/mol. The Morgan fingerprint density at radius 1 is 1.35 bits per heavy atom. The Balaban J connectivity index is 0.00000264. The first kappa shape index (κ1) is 19.5. The van der Waals surface area contributed by atoms with Gasteiger partial charge in [-0.05, 0) is 24.6 Å². The lowest BCUT2D eigenvalue weighted by Crippen LogP contribution is -2.42. The Kier molecular flexibility index (Phi) is 7.52. The molecular formula is C17H26ClN3O2. The summed E-state index contributed by atoms with van der Waals surface area (Å²) in [4.78, 5) is 27.9. The highest BCUT2D eigenvalue weighted by atomic mass is 35.5. The highest BCUT2D eigenvalue weighted by Gasteiger charge is 2.31. The fourth-order valence-corrected chi connectivity index (χ4v) is 2.97. The van der Waals surface area contributed by atoms with Crippen molar-refractivity contribution in [1.29, 1.82) is 0 Å². The van der Waals surface area contributed by atoms with Crippen molar-refractivity contribution in [2.24, 2.45) is 0 Å². The van der Waals surface area contributed by atoms with E-state index in [1.54, 1.807) is 11.8 Å². The highest BCUT2D eigenvalue weighted by Crippen LogP contribution is 2.32. The van der Waals surface area contributed by atoms with Crippen molar-refractivity contribution >= 4 is 24.2 Å². The van der Waals surface area contributed by atoms with Gasteiger partial charge in [0.1, 0.15) is 0 Å². The normalized spacial score (nSPS) is 16.3. The molecule has 0 saturated heterocycles. The summed E-state index contributed by atoms with van der Waals surface area (Å²) in [5, 5.41) is 3.04. The van der Waals surface area contributed by atoms with E-state index in [1.165, 1.54) is 5.56 Å². The molecule has 0 aromatic heterocycles. The number of nitrogens with zero attached hydrogens (tertiary/aromatic N) is 2. The van der Waals surface area contributed by atoms with Crippen LogP contribution in [0.4, 0.5) is 0 Å². The van der Waals surface area contributed by atoms with Crippen LogP contribution in [0.1, 0.15) is 30.5 Å². The van der Waals surface area contributed by atoms with Gasteiger partial charge in [-0.15, -0.1) is 12.4 Å². The number of amides is 2. The molecule has 2 rings (SSSR count). The molecule has 1 aromatic rings. The Morgan fingerprint density at radius 3 is 2.70 bits per heavy atom. The maximum absolute atomic E-state index is 12.5. The van der Waals surface area contributed by atoms with E-state index in [9.17, 15) is 9.59 Å². The summed E-state index contributed by atoms with van der Waals surface area (Å²) >= 11 is 0. The number of carbonyl (C=O) groups is 2. The molecule has 1 atom stereocenters. The van der Waals surface area contributed by atoms with Gasteiger partial charge in [-0.1, -0.05) is 24.3 Å². The Morgan fingerprint density at radius 2 is 2.04 bits per heavy atom. The number of nitrogens with one attached hydrogen (secondary N) is 1. The van der Waals surface area contributed by atoms with E-state index in [2.05, 4.69) is 11.4 Å². The van der Waals surface area contributed by atoms with Crippen LogP contribution in [-0.2, 0) is 16.0 Å². The second-order valence-electron chi connectivity index (χ2n) is 5.80. The summed E-state index contributed by atoms with van der Waals surface area (Å²) in [5.41, 5.74) is 2.36. The average Bonchev–Trinajstić information content (AvgIpc) is 2.52. The second kappa shape index (κ2) is 8.89. The van der Waals surface area contributed by atoms with Crippen LogP contribution in [0.5, 0.6) is 0 Å². The Labute approximate surface area is 144 Å². The molecule has 1 heterocycles. The molecule has 5 nitrogen and oxygen atoms in total. The Bertz CT molecular complexity index is 550. The number of likely N-dealkylation sites (N-methyl/N-ethyl adjacent to an activating group) is 2. The molecule has 0 radical (unpaired) electrons. The van der Waals surface area contributed by atoms with Crippen LogP contribution in [-0.4, -0.2) is 55.3 Å². The predicted octanol–water partition coefficient (Wildman–Crippen LogP) is 1.62. The number of carbonyl (C=O) groups excluding carboxylic acids is 2. The molecule has 0 spiro atoms. The lowest BCUT2D eigenvalue weighted by Gasteiger charge is -2.37. The number of hydrogen-bond acceptors (Lipinski definition) is 3. The predicted molar refractivity (Wildman–Crippen MR) is 93.7 cm³/mol. The van der Waals surface area contributed by atoms with E-state index in [4.69, 9.17) is 0 Å². The molecular weight excluding hydrogens is 314 g/mol. The summed E-state index contributed by atoms with van der Waals surface area (Å²) in [7, 11) is 3.68. The maximum atomic E-state index is 12.5. The van der Waals surface area contributed by atoms with Gasteiger partial charge in [-0.25, -0.2) is 0 Å². The summed E-state index contributed by atoms with van der Waals surface area (Å²) in [6, 6.07) is 7.97. The first-order chi connectivity index (χ1) is 10.5. The standard InChI is InChI=1S/C17H25N3O2.ClH/c1-13(21)20-10-8-14-6-4-5-7-15(14)16(20)12-17(22)19(3)11-9-18-2;/h4-7,16,18H,8-12H2,1-3H3;1H. The van der Waals surface area contributed by atoms with E-state index in [0.29, 0.717) is 19.5 Å². The number of rotatable bonds is 5.